The minimum Gasteiger partial charge on any atom is -0.320 e. The van der Waals surface area contributed by atoms with E-state index in [2.05, 4.69) is 28.2 Å². The highest BCUT2D eigenvalue weighted by Gasteiger charge is 2.20. The number of amides is 1. The van der Waals surface area contributed by atoms with E-state index in [1.54, 1.807) is 0 Å². The van der Waals surface area contributed by atoms with Crippen LogP contribution >= 0.6 is 15.9 Å². The number of fused-ring (bicyclic) bond motifs is 1. The molecule has 0 fully saturated rings. The van der Waals surface area contributed by atoms with Crippen molar-refractivity contribution in [2.45, 2.75) is 33.6 Å². The molecule has 2 aromatic heterocycles. The maximum Gasteiger partial charge on any atom is 0.274 e. The van der Waals surface area contributed by atoms with E-state index in [9.17, 15) is 4.79 Å². The Morgan fingerprint density at radius 2 is 2.08 bits per heavy atom. The number of pyridine rings is 1. The fraction of sp³-hybridized carbons (Fsp3) is 0.263. The molecule has 24 heavy (non-hydrogen) atoms. The van der Waals surface area contributed by atoms with E-state index < -0.39 is 0 Å². The third-order valence-corrected chi connectivity index (χ3v) is 4.65. The number of nitrogens with one attached hydrogen (secondary N) is 1. The van der Waals surface area contributed by atoms with Crippen molar-refractivity contribution in [1.82, 2.24) is 9.38 Å². The van der Waals surface area contributed by atoms with Gasteiger partial charge in [-0.05, 0) is 65.5 Å². The lowest BCUT2D eigenvalue weighted by Crippen LogP contribution is -2.16. The van der Waals surface area contributed by atoms with Crippen LogP contribution in [-0.2, 0) is 6.42 Å². The molecule has 4 nitrogen and oxygen atoms in total. The van der Waals surface area contributed by atoms with Crippen LogP contribution in [0.3, 0.4) is 0 Å². The molecule has 0 aliphatic heterocycles. The van der Waals surface area contributed by atoms with E-state index in [0.717, 1.165) is 45.5 Å². The Labute approximate surface area is 150 Å². The average Bonchev–Trinajstić information content (AvgIpc) is 2.90. The number of rotatable bonds is 4. The average molecular weight is 386 g/mol. The molecule has 3 aromatic rings. The van der Waals surface area contributed by atoms with E-state index in [1.807, 2.05) is 54.8 Å². The largest absolute Gasteiger partial charge is 0.320 e. The first-order valence-corrected chi connectivity index (χ1v) is 8.84. The van der Waals surface area contributed by atoms with Crippen LogP contribution in [0.1, 0.15) is 40.7 Å². The molecule has 0 radical (unpaired) electrons. The maximum atomic E-state index is 12.9. The summed E-state index contributed by atoms with van der Waals surface area (Å²) in [6, 6.07) is 9.83. The molecule has 0 unspecified atom stereocenters. The summed E-state index contributed by atoms with van der Waals surface area (Å²) in [6.45, 7) is 6.12. The van der Waals surface area contributed by atoms with Crippen LogP contribution < -0.4 is 5.32 Å². The van der Waals surface area contributed by atoms with Crippen LogP contribution in [0.25, 0.3) is 5.65 Å². The molecule has 2 heterocycles. The number of halogens is 1. The highest BCUT2D eigenvalue weighted by atomic mass is 79.9. The Bertz CT molecular complexity index is 914. The van der Waals surface area contributed by atoms with Crippen LogP contribution in [0.2, 0.25) is 0 Å². The second kappa shape index (κ2) is 6.77. The Kier molecular flexibility index (Phi) is 4.71. The van der Waals surface area contributed by atoms with Crippen molar-refractivity contribution in [3.63, 3.8) is 0 Å². The van der Waals surface area contributed by atoms with Gasteiger partial charge in [0, 0.05) is 10.7 Å². The molecule has 0 aliphatic rings. The van der Waals surface area contributed by atoms with E-state index in [1.165, 1.54) is 0 Å². The Hall–Kier alpha value is -2.14. The Morgan fingerprint density at radius 1 is 1.29 bits per heavy atom. The molecule has 124 valence electrons. The minimum atomic E-state index is -0.138. The van der Waals surface area contributed by atoms with E-state index in [0.29, 0.717) is 5.69 Å². The van der Waals surface area contributed by atoms with Gasteiger partial charge in [-0.3, -0.25) is 9.20 Å². The number of hydrogen-bond donors (Lipinski definition) is 1. The summed E-state index contributed by atoms with van der Waals surface area (Å²) >= 11 is 3.51. The molecule has 1 aromatic carbocycles. The van der Waals surface area contributed by atoms with Crippen molar-refractivity contribution in [2.24, 2.45) is 0 Å². The number of imidazole rings is 1. The Morgan fingerprint density at radius 3 is 2.79 bits per heavy atom. The van der Waals surface area contributed by atoms with Gasteiger partial charge in [0.25, 0.3) is 5.91 Å². The molecule has 3 rings (SSSR count). The molecule has 0 aliphatic carbocycles. The number of carbonyl (C=O) groups excluding carboxylic acids is 1. The molecule has 0 bridgehead atoms. The summed E-state index contributed by atoms with van der Waals surface area (Å²) < 4.78 is 2.76. The molecule has 1 amide bonds. The van der Waals surface area contributed by atoms with Crippen LogP contribution in [0, 0.1) is 13.8 Å². The van der Waals surface area contributed by atoms with E-state index in [-0.39, 0.29) is 5.91 Å². The number of anilines is 1. The zero-order valence-corrected chi connectivity index (χ0v) is 15.6. The lowest BCUT2D eigenvalue weighted by molar-refractivity contribution is 0.102. The van der Waals surface area contributed by atoms with Gasteiger partial charge in [0.2, 0.25) is 0 Å². The number of hydrogen-bond acceptors (Lipinski definition) is 2. The first-order valence-electron chi connectivity index (χ1n) is 8.05. The van der Waals surface area contributed by atoms with Crippen molar-refractivity contribution in [3.05, 3.63) is 63.5 Å². The molecular weight excluding hydrogens is 366 g/mol. The van der Waals surface area contributed by atoms with Gasteiger partial charge in [0.05, 0.1) is 11.4 Å². The van der Waals surface area contributed by atoms with E-state index >= 15 is 0 Å². The number of benzene rings is 1. The minimum absolute atomic E-state index is 0.138. The third kappa shape index (κ3) is 3.08. The van der Waals surface area contributed by atoms with Gasteiger partial charge in [-0.1, -0.05) is 25.5 Å². The molecule has 0 spiro atoms. The summed E-state index contributed by atoms with van der Waals surface area (Å²) in [5, 5.41) is 3.00. The number of aryl methyl sites for hydroxylation is 3. The summed E-state index contributed by atoms with van der Waals surface area (Å²) in [6.07, 6.45) is 3.62. The summed E-state index contributed by atoms with van der Waals surface area (Å²) in [5.74, 6) is -0.138. The molecule has 0 saturated carbocycles. The van der Waals surface area contributed by atoms with Gasteiger partial charge in [-0.15, -0.1) is 0 Å². The first-order chi connectivity index (χ1) is 11.5. The van der Waals surface area contributed by atoms with Gasteiger partial charge in [0.15, 0.2) is 0 Å². The fourth-order valence-electron chi connectivity index (χ4n) is 2.81. The standard InChI is InChI=1S/C19H20BrN3O/c1-4-6-16-17(23-10-5-7-13(3)18(23)21-16)19(24)22-15-9-8-12(2)11-14(15)20/h5,7-11H,4,6H2,1-3H3,(H,22,24). The van der Waals surface area contributed by atoms with Crippen LogP contribution in [-0.4, -0.2) is 15.3 Å². The normalized spacial score (nSPS) is 11.0. The van der Waals surface area contributed by atoms with Gasteiger partial charge in [-0.25, -0.2) is 4.98 Å². The zero-order chi connectivity index (χ0) is 17.3. The Balaban J connectivity index is 2.05. The quantitative estimate of drug-likeness (QED) is 0.692. The lowest BCUT2D eigenvalue weighted by atomic mass is 10.2. The smallest absolute Gasteiger partial charge is 0.274 e. The predicted molar refractivity (Wildman–Crippen MR) is 101 cm³/mol. The van der Waals surface area contributed by atoms with Crippen LogP contribution in [0.4, 0.5) is 5.69 Å². The van der Waals surface area contributed by atoms with Gasteiger partial charge < -0.3 is 5.32 Å². The van der Waals surface area contributed by atoms with Crippen molar-refractivity contribution in [1.29, 1.82) is 0 Å². The number of carbonyl (C=O) groups is 1. The van der Waals surface area contributed by atoms with Gasteiger partial charge in [0.1, 0.15) is 11.3 Å². The highest BCUT2D eigenvalue weighted by Crippen LogP contribution is 2.25. The lowest BCUT2D eigenvalue weighted by Gasteiger charge is -2.09. The zero-order valence-electron chi connectivity index (χ0n) is 14.1. The SMILES string of the molecule is CCCc1nc2c(C)cccn2c1C(=O)Nc1ccc(C)cc1Br. The maximum absolute atomic E-state index is 12.9. The summed E-state index contributed by atoms with van der Waals surface area (Å²) in [5.41, 5.74) is 5.25. The van der Waals surface area contributed by atoms with Gasteiger partial charge in [-0.2, -0.15) is 0 Å². The molecule has 0 saturated heterocycles. The summed E-state index contributed by atoms with van der Waals surface area (Å²) in [7, 11) is 0. The summed E-state index contributed by atoms with van der Waals surface area (Å²) in [4.78, 5) is 17.6. The van der Waals surface area contributed by atoms with E-state index in [4.69, 9.17) is 4.98 Å². The molecule has 0 atom stereocenters. The molecule has 5 heteroatoms. The van der Waals surface area contributed by atoms with Crippen molar-refractivity contribution < 1.29 is 4.79 Å². The molecular formula is C19H20BrN3O. The first kappa shape index (κ1) is 16.7. The van der Waals surface area contributed by atoms with Crippen molar-refractivity contribution >= 4 is 33.2 Å². The third-order valence-electron chi connectivity index (χ3n) is 3.99. The monoisotopic (exact) mass is 385 g/mol. The highest BCUT2D eigenvalue weighted by molar-refractivity contribution is 9.10. The second-order valence-corrected chi connectivity index (χ2v) is 6.83. The fourth-order valence-corrected chi connectivity index (χ4v) is 3.40. The topological polar surface area (TPSA) is 46.4 Å². The van der Waals surface area contributed by atoms with Crippen molar-refractivity contribution in [3.8, 4) is 0 Å². The number of nitrogens with zero attached hydrogens (tertiary/aromatic N) is 2. The van der Waals surface area contributed by atoms with Gasteiger partial charge >= 0.3 is 0 Å². The van der Waals surface area contributed by atoms with Crippen molar-refractivity contribution in [2.75, 3.05) is 5.32 Å². The predicted octanol–water partition coefficient (Wildman–Crippen LogP) is 4.92. The second-order valence-electron chi connectivity index (χ2n) is 5.98. The van der Waals surface area contributed by atoms with Crippen LogP contribution in [0.15, 0.2) is 41.0 Å². The number of aromatic nitrogens is 2. The van der Waals surface area contributed by atoms with Crippen LogP contribution in [0.5, 0.6) is 0 Å². The molecule has 1 N–H and O–H groups in total.